The Bertz CT molecular complexity index is 798. The number of carbonyl (C=O) groups is 1. The molecule has 0 aliphatic carbocycles. The minimum atomic E-state index is -0.216. The van der Waals surface area contributed by atoms with E-state index in [0.717, 1.165) is 5.69 Å². The van der Waals surface area contributed by atoms with Gasteiger partial charge in [0, 0.05) is 11.9 Å². The van der Waals surface area contributed by atoms with Crippen molar-refractivity contribution >= 4 is 34.4 Å². The number of hydrogen-bond donors (Lipinski definition) is 2. The van der Waals surface area contributed by atoms with Crippen molar-refractivity contribution < 1.29 is 4.79 Å². The van der Waals surface area contributed by atoms with Crippen molar-refractivity contribution in [1.29, 1.82) is 0 Å². The van der Waals surface area contributed by atoms with Crippen LogP contribution < -0.4 is 10.9 Å². The highest BCUT2D eigenvalue weighted by atomic mass is 35.5. The van der Waals surface area contributed by atoms with Crippen LogP contribution in [0.4, 0.5) is 5.82 Å². The first-order valence-electron chi connectivity index (χ1n) is 6.12. The quantitative estimate of drug-likeness (QED) is 0.722. The number of hydrazine groups is 1. The standard InChI is InChI=1S/C13H11ClN6O/c1-8(21)18-19-12-11-6-17-20(13(11)16-7-15-12)10-4-2-9(14)3-5-10/h2-7H,1H3,(H,18,21)(H,15,16,19). The molecular weight excluding hydrogens is 292 g/mol. The molecule has 0 spiro atoms. The summed E-state index contributed by atoms with van der Waals surface area (Å²) >= 11 is 5.88. The van der Waals surface area contributed by atoms with Gasteiger partial charge in [-0.05, 0) is 24.3 Å². The highest BCUT2D eigenvalue weighted by Gasteiger charge is 2.11. The van der Waals surface area contributed by atoms with Gasteiger partial charge in [-0.3, -0.25) is 15.6 Å². The van der Waals surface area contributed by atoms with Crippen molar-refractivity contribution in [2.45, 2.75) is 6.92 Å². The highest BCUT2D eigenvalue weighted by molar-refractivity contribution is 6.30. The number of nitrogens with one attached hydrogen (secondary N) is 2. The van der Waals surface area contributed by atoms with Gasteiger partial charge in [0.25, 0.3) is 0 Å². The second kappa shape index (κ2) is 5.37. The maximum Gasteiger partial charge on any atom is 0.235 e. The van der Waals surface area contributed by atoms with Crippen molar-refractivity contribution in [2.24, 2.45) is 0 Å². The molecule has 0 bridgehead atoms. The second-order valence-electron chi connectivity index (χ2n) is 4.30. The molecule has 106 valence electrons. The Morgan fingerprint density at radius 2 is 2.00 bits per heavy atom. The zero-order valence-electron chi connectivity index (χ0n) is 11.0. The zero-order chi connectivity index (χ0) is 14.8. The minimum Gasteiger partial charge on any atom is -0.281 e. The number of hydrogen-bond acceptors (Lipinski definition) is 5. The first kappa shape index (κ1) is 13.3. The largest absolute Gasteiger partial charge is 0.281 e. The Kier molecular flexibility index (Phi) is 3.41. The fourth-order valence-corrected chi connectivity index (χ4v) is 1.99. The average Bonchev–Trinajstić information content (AvgIpc) is 2.90. The van der Waals surface area contributed by atoms with Crippen LogP contribution in [0.5, 0.6) is 0 Å². The van der Waals surface area contributed by atoms with Crippen LogP contribution >= 0.6 is 11.6 Å². The topological polar surface area (TPSA) is 84.7 Å². The summed E-state index contributed by atoms with van der Waals surface area (Å²) in [5.74, 6) is 0.266. The highest BCUT2D eigenvalue weighted by Crippen LogP contribution is 2.21. The maximum atomic E-state index is 11.0. The third-order valence-electron chi connectivity index (χ3n) is 2.79. The Hall–Kier alpha value is -2.67. The molecule has 3 rings (SSSR count). The molecule has 1 amide bonds. The van der Waals surface area contributed by atoms with Crippen LogP contribution in [-0.2, 0) is 4.79 Å². The van der Waals surface area contributed by atoms with E-state index in [2.05, 4.69) is 25.9 Å². The summed E-state index contributed by atoms with van der Waals surface area (Å²) in [6, 6.07) is 7.25. The van der Waals surface area contributed by atoms with Crippen molar-refractivity contribution in [2.75, 3.05) is 5.43 Å². The molecule has 0 aliphatic rings. The summed E-state index contributed by atoms with van der Waals surface area (Å²) in [7, 11) is 0. The summed E-state index contributed by atoms with van der Waals surface area (Å²) in [5.41, 5.74) is 6.67. The molecule has 3 aromatic rings. The summed E-state index contributed by atoms with van der Waals surface area (Å²) in [6.45, 7) is 1.41. The summed E-state index contributed by atoms with van der Waals surface area (Å²) in [6.07, 6.45) is 3.04. The Morgan fingerprint density at radius 3 is 2.71 bits per heavy atom. The molecule has 0 radical (unpaired) electrons. The van der Waals surface area contributed by atoms with Gasteiger partial charge in [-0.1, -0.05) is 11.6 Å². The van der Waals surface area contributed by atoms with Crippen LogP contribution in [0.3, 0.4) is 0 Å². The van der Waals surface area contributed by atoms with Gasteiger partial charge in [0.2, 0.25) is 5.91 Å². The minimum absolute atomic E-state index is 0.216. The summed E-state index contributed by atoms with van der Waals surface area (Å²) < 4.78 is 1.67. The molecule has 0 atom stereocenters. The van der Waals surface area contributed by atoms with Gasteiger partial charge >= 0.3 is 0 Å². The van der Waals surface area contributed by atoms with E-state index in [1.54, 1.807) is 23.0 Å². The number of fused-ring (bicyclic) bond motifs is 1. The molecule has 0 saturated heterocycles. The molecule has 2 heterocycles. The van der Waals surface area contributed by atoms with Crippen LogP contribution in [0.2, 0.25) is 5.02 Å². The molecular formula is C13H11ClN6O. The second-order valence-corrected chi connectivity index (χ2v) is 4.73. The van der Waals surface area contributed by atoms with E-state index in [0.29, 0.717) is 21.9 Å². The van der Waals surface area contributed by atoms with Gasteiger partial charge in [0.05, 0.1) is 17.3 Å². The molecule has 7 nitrogen and oxygen atoms in total. The van der Waals surface area contributed by atoms with E-state index in [1.165, 1.54) is 13.3 Å². The Morgan fingerprint density at radius 1 is 1.24 bits per heavy atom. The predicted octanol–water partition coefficient (Wildman–Crippen LogP) is 1.93. The molecule has 2 N–H and O–H groups in total. The van der Waals surface area contributed by atoms with E-state index in [1.807, 2.05) is 12.1 Å². The van der Waals surface area contributed by atoms with Crippen LogP contribution in [0, 0.1) is 0 Å². The number of amides is 1. The average molecular weight is 303 g/mol. The fourth-order valence-electron chi connectivity index (χ4n) is 1.86. The lowest BCUT2D eigenvalue weighted by molar-refractivity contribution is -0.118. The van der Waals surface area contributed by atoms with Gasteiger partial charge < -0.3 is 0 Å². The lowest BCUT2D eigenvalue weighted by Crippen LogP contribution is -2.27. The van der Waals surface area contributed by atoms with Crippen molar-refractivity contribution in [3.05, 3.63) is 41.8 Å². The third kappa shape index (κ3) is 2.63. The van der Waals surface area contributed by atoms with Crippen molar-refractivity contribution in [1.82, 2.24) is 25.2 Å². The van der Waals surface area contributed by atoms with Gasteiger partial charge in [0.1, 0.15) is 6.33 Å². The van der Waals surface area contributed by atoms with E-state index >= 15 is 0 Å². The van der Waals surface area contributed by atoms with Crippen molar-refractivity contribution in [3.63, 3.8) is 0 Å². The van der Waals surface area contributed by atoms with Gasteiger partial charge in [-0.25, -0.2) is 14.6 Å². The number of anilines is 1. The normalized spacial score (nSPS) is 10.6. The maximum absolute atomic E-state index is 11.0. The molecule has 2 aromatic heterocycles. The van der Waals surface area contributed by atoms with Gasteiger partial charge in [0.15, 0.2) is 11.5 Å². The molecule has 0 fully saturated rings. The predicted molar refractivity (Wildman–Crippen MR) is 79.1 cm³/mol. The lowest BCUT2D eigenvalue weighted by atomic mass is 10.3. The van der Waals surface area contributed by atoms with Crippen LogP contribution in [0.25, 0.3) is 16.7 Å². The SMILES string of the molecule is CC(=O)NNc1ncnc2c1cnn2-c1ccc(Cl)cc1. The number of carbonyl (C=O) groups excluding carboxylic acids is 1. The van der Waals surface area contributed by atoms with Crippen molar-refractivity contribution in [3.8, 4) is 5.69 Å². The van der Waals surface area contributed by atoms with Crippen LogP contribution in [0.15, 0.2) is 36.8 Å². The molecule has 0 saturated carbocycles. The smallest absolute Gasteiger partial charge is 0.235 e. The fraction of sp³-hybridized carbons (Fsp3) is 0.0769. The lowest BCUT2D eigenvalue weighted by Gasteiger charge is -2.06. The van der Waals surface area contributed by atoms with Gasteiger partial charge in [-0.15, -0.1) is 0 Å². The summed E-state index contributed by atoms with van der Waals surface area (Å²) in [5, 5.41) is 5.65. The van der Waals surface area contributed by atoms with E-state index in [-0.39, 0.29) is 5.91 Å². The van der Waals surface area contributed by atoms with Gasteiger partial charge in [-0.2, -0.15) is 5.10 Å². The molecule has 1 aromatic carbocycles. The van der Waals surface area contributed by atoms with E-state index < -0.39 is 0 Å². The van der Waals surface area contributed by atoms with Crippen LogP contribution in [0.1, 0.15) is 6.92 Å². The molecule has 0 unspecified atom stereocenters. The Labute approximate surface area is 124 Å². The number of benzene rings is 1. The number of halogens is 1. The Balaban J connectivity index is 2.04. The first-order valence-corrected chi connectivity index (χ1v) is 6.50. The first-order chi connectivity index (χ1) is 10.1. The molecule has 8 heteroatoms. The monoisotopic (exact) mass is 302 g/mol. The van der Waals surface area contributed by atoms with Crippen LogP contribution in [-0.4, -0.2) is 25.7 Å². The zero-order valence-corrected chi connectivity index (χ0v) is 11.8. The number of nitrogens with zero attached hydrogens (tertiary/aromatic N) is 4. The number of aromatic nitrogens is 4. The van der Waals surface area contributed by atoms with E-state index in [4.69, 9.17) is 11.6 Å². The number of rotatable bonds is 3. The third-order valence-corrected chi connectivity index (χ3v) is 3.05. The molecule has 0 aliphatic heterocycles. The summed E-state index contributed by atoms with van der Waals surface area (Å²) in [4.78, 5) is 19.3. The molecule has 21 heavy (non-hydrogen) atoms. The van der Waals surface area contributed by atoms with E-state index in [9.17, 15) is 4.79 Å².